The van der Waals surface area contributed by atoms with Crippen LogP contribution < -0.4 is 21.7 Å². The molecule has 2 atom stereocenters. The molecule has 3 rings (SSSR count). The molecule has 0 bridgehead atoms. The molecule has 2 amide bonds. The molecule has 1 unspecified atom stereocenters. The van der Waals surface area contributed by atoms with Crippen LogP contribution in [0.4, 0.5) is 5.82 Å². The van der Waals surface area contributed by atoms with Gasteiger partial charge in [-0.1, -0.05) is 6.07 Å². The summed E-state index contributed by atoms with van der Waals surface area (Å²) >= 11 is 0. The number of anilines is 1. The van der Waals surface area contributed by atoms with Gasteiger partial charge in [0.1, 0.15) is 12.1 Å². The first kappa shape index (κ1) is 15.2. The molecule has 0 saturated carbocycles. The van der Waals surface area contributed by atoms with Crippen LogP contribution in [-0.2, 0) is 4.79 Å². The summed E-state index contributed by atoms with van der Waals surface area (Å²) in [7, 11) is 1.62. The Morgan fingerprint density at radius 2 is 2.13 bits per heavy atom. The first-order valence-electron chi connectivity index (χ1n) is 7.34. The van der Waals surface area contributed by atoms with Gasteiger partial charge < -0.3 is 21.7 Å². The number of para-hydroxylation sites is 1. The Morgan fingerprint density at radius 3 is 2.87 bits per heavy atom. The summed E-state index contributed by atoms with van der Waals surface area (Å²) < 4.78 is 0. The molecule has 23 heavy (non-hydrogen) atoms. The fourth-order valence-corrected chi connectivity index (χ4v) is 2.87. The first-order valence-corrected chi connectivity index (χ1v) is 7.34. The lowest BCUT2D eigenvalue weighted by molar-refractivity contribution is -0.124. The number of nitrogens with zero attached hydrogens (tertiary/aromatic N) is 2. The van der Waals surface area contributed by atoms with Gasteiger partial charge >= 0.3 is 0 Å². The lowest BCUT2D eigenvalue weighted by Gasteiger charge is -2.20. The Labute approximate surface area is 132 Å². The van der Waals surface area contributed by atoms with Crippen LogP contribution >= 0.6 is 0 Å². The van der Waals surface area contributed by atoms with E-state index in [-0.39, 0.29) is 17.9 Å². The molecule has 120 valence electrons. The highest BCUT2D eigenvalue weighted by molar-refractivity contribution is 6.06. The van der Waals surface area contributed by atoms with E-state index in [4.69, 9.17) is 5.73 Å². The number of hydrogen-bond acceptors (Lipinski definition) is 6. The van der Waals surface area contributed by atoms with E-state index >= 15 is 0 Å². The number of amides is 2. The Hall–Kier alpha value is -2.74. The molecule has 0 radical (unpaired) electrons. The Bertz CT molecular complexity index is 763. The summed E-state index contributed by atoms with van der Waals surface area (Å²) in [6.07, 6.45) is 1.38. The maximum Gasteiger partial charge on any atom is 0.250 e. The van der Waals surface area contributed by atoms with E-state index in [2.05, 4.69) is 25.9 Å². The van der Waals surface area contributed by atoms with Gasteiger partial charge in [-0.05, 0) is 12.1 Å². The normalized spacial score (nSPS) is 20.4. The molecule has 1 aromatic carbocycles. The van der Waals surface area contributed by atoms with Crippen molar-refractivity contribution in [3.8, 4) is 0 Å². The average molecular weight is 314 g/mol. The molecule has 2 aromatic rings. The number of carbonyl (C=O) groups is 2. The zero-order valence-electron chi connectivity index (χ0n) is 12.7. The van der Waals surface area contributed by atoms with Gasteiger partial charge in [0.15, 0.2) is 0 Å². The molecule has 8 nitrogen and oxygen atoms in total. The SMILES string of the molecule is CNC(=O)C1CNC[C@@H]1Nc1ncnc2c(C(N)=O)cccc12. The van der Waals surface area contributed by atoms with E-state index < -0.39 is 5.91 Å². The zero-order chi connectivity index (χ0) is 16.4. The van der Waals surface area contributed by atoms with E-state index in [1.54, 1.807) is 19.2 Å². The lowest BCUT2D eigenvalue weighted by atomic mass is 10.0. The van der Waals surface area contributed by atoms with Gasteiger partial charge in [-0.2, -0.15) is 0 Å². The molecule has 1 aliphatic heterocycles. The lowest BCUT2D eigenvalue weighted by Crippen LogP contribution is -2.39. The van der Waals surface area contributed by atoms with Gasteiger partial charge in [0.25, 0.3) is 5.91 Å². The Kier molecular flexibility index (Phi) is 4.07. The molecule has 0 aliphatic carbocycles. The second-order valence-electron chi connectivity index (χ2n) is 5.42. The van der Waals surface area contributed by atoms with Gasteiger partial charge in [0, 0.05) is 25.5 Å². The molecule has 1 fully saturated rings. The predicted octanol–water partition coefficient (Wildman–Crippen LogP) is -0.525. The van der Waals surface area contributed by atoms with Crippen LogP contribution in [-0.4, -0.2) is 48.0 Å². The summed E-state index contributed by atoms with van der Waals surface area (Å²) in [5, 5.41) is 9.85. The van der Waals surface area contributed by atoms with E-state index in [1.807, 2.05) is 6.07 Å². The van der Waals surface area contributed by atoms with Crippen molar-refractivity contribution in [3.63, 3.8) is 0 Å². The highest BCUT2D eigenvalue weighted by Crippen LogP contribution is 2.24. The fourth-order valence-electron chi connectivity index (χ4n) is 2.87. The van der Waals surface area contributed by atoms with Crippen LogP contribution in [0.3, 0.4) is 0 Å². The predicted molar refractivity (Wildman–Crippen MR) is 85.9 cm³/mol. The van der Waals surface area contributed by atoms with Crippen LogP contribution in [0.1, 0.15) is 10.4 Å². The number of fused-ring (bicyclic) bond motifs is 1. The van der Waals surface area contributed by atoms with Crippen molar-refractivity contribution in [2.45, 2.75) is 6.04 Å². The molecule has 1 aromatic heterocycles. The number of rotatable bonds is 4. The number of hydrogen-bond donors (Lipinski definition) is 4. The highest BCUT2D eigenvalue weighted by Gasteiger charge is 2.32. The van der Waals surface area contributed by atoms with E-state index in [0.717, 1.165) is 0 Å². The number of carbonyl (C=O) groups excluding carboxylic acids is 2. The quantitative estimate of drug-likeness (QED) is 0.602. The van der Waals surface area contributed by atoms with Gasteiger partial charge in [0.2, 0.25) is 5.91 Å². The molecule has 2 heterocycles. The van der Waals surface area contributed by atoms with Crippen LogP contribution in [0.5, 0.6) is 0 Å². The van der Waals surface area contributed by atoms with Crippen molar-refractivity contribution in [1.82, 2.24) is 20.6 Å². The molecular formula is C15H18N6O2. The molecule has 1 aliphatic rings. The Morgan fingerprint density at radius 1 is 1.30 bits per heavy atom. The van der Waals surface area contributed by atoms with Gasteiger partial charge in [-0.3, -0.25) is 9.59 Å². The van der Waals surface area contributed by atoms with Crippen molar-refractivity contribution in [3.05, 3.63) is 30.1 Å². The summed E-state index contributed by atoms with van der Waals surface area (Å²) in [5.41, 5.74) is 6.24. The van der Waals surface area contributed by atoms with Gasteiger partial charge in [-0.25, -0.2) is 9.97 Å². The number of aromatic nitrogens is 2. The fraction of sp³-hybridized carbons (Fsp3) is 0.333. The second-order valence-corrected chi connectivity index (χ2v) is 5.42. The molecule has 5 N–H and O–H groups in total. The number of benzene rings is 1. The van der Waals surface area contributed by atoms with Crippen LogP contribution in [0, 0.1) is 5.92 Å². The van der Waals surface area contributed by atoms with Crippen LogP contribution in [0.25, 0.3) is 10.9 Å². The van der Waals surface area contributed by atoms with Crippen molar-refractivity contribution in [2.75, 3.05) is 25.5 Å². The monoisotopic (exact) mass is 314 g/mol. The van der Waals surface area contributed by atoms with Crippen molar-refractivity contribution in [1.29, 1.82) is 0 Å². The second kappa shape index (κ2) is 6.17. The minimum absolute atomic E-state index is 0.0244. The minimum atomic E-state index is -0.536. The first-order chi connectivity index (χ1) is 11.1. The van der Waals surface area contributed by atoms with E-state index in [1.165, 1.54) is 6.33 Å². The van der Waals surface area contributed by atoms with E-state index in [0.29, 0.717) is 35.4 Å². The minimum Gasteiger partial charge on any atom is -0.366 e. The van der Waals surface area contributed by atoms with Crippen LogP contribution in [0.15, 0.2) is 24.5 Å². The van der Waals surface area contributed by atoms with E-state index in [9.17, 15) is 9.59 Å². The number of nitrogens with one attached hydrogen (secondary N) is 3. The molecule has 8 heteroatoms. The topological polar surface area (TPSA) is 122 Å². The highest BCUT2D eigenvalue weighted by atomic mass is 16.2. The third-order valence-corrected chi connectivity index (χ3v) is 4.05. The van der Waals surface area contributed by atoms with Crippen molar-refractivity contribution >= 4 is 28.5 Å². The number of primary amides is 1. The van der Waals surface area contributed by atoms with Gasteiger partial charge in [0.05, 0.1) is 23.0 Å². The standard InChI is InChI=1S/C15H18N6O2/c1-17-15(23)10-5-18-6-11(10)21-14-9-4-2-3-8(13(16)22)12(9)19-7-20-14/h2-4,7,10-11,18H,5-6H2,1H3,(H2,16,22)(H,17,23)(H,19,20,21)/t10?,11-/m0/s1. The summed E-state index contributed by atoms with van der Waals surface area (Å²) in [4.78, 5) is 31.9. The number of nitrogens with two attached hydrogens (primary N) is 1. The largest absolute Gasteiger partial charge is 0.366 e. The summed E-state index contributed by atoms with van der Waals surface area (Å²) in [6.45, 7) is 1.26. The average Bonchev–Trinajstić information content (AvgIpc) is 3.02. The molecule has 0 spiro atoms. The Balaban J connectivity index is 1.96. The van der Waals surface area contributed by atoms with Crippen LogP contribution in [0.2, 0.25) is 0 Å². The van der Waals surface area contributed by atoms with Gasteiger partial charge in [-0.15, -0.1) is 0 Å². The smallest absolute Gasteiger partial charge is 0.250 e. The third-order valence-electron chi connectivity index (χ3n) is 4.05. The summed E-state index contributed by atoms with van der Waals surface area (Å²) in [5.74, 6) is -0.167. The zero-order valence-corrected chi connectivity index (χ0v) is 12.7. The van der Waals surface area contributed by atoms with Crippen molar-refractivity contribution < 1.29 is 9.59 Å². The molecule has 1 saturated heterocycles. The maximum absolute atomic E-state index is 11.9. The third kappa shape index (κ3) is 2.80. The molecular weight excluding hydrogens is 296 g/mol. The maximum atomic E-state index is 11.9. The van der Waals surface area contributed by atoms with Crippen molar-refractivity contribution in [2.24, 2.45) is 11.7 Å². The summed E-state index contributed by atoms with van der Waals surface area (Å²) in [6, 6.07) is 5.10.